The van der Waals surface area contributed by atoms with Crippen molar-refractivity contribution in [2.75, 3.05) is 7.11 Å². The van der Waals surface area contributed by atoms with Crippen LogP contribution < -0.4 is 9.47 Å². The fourth-order valence-corrected chi connectivity index (χ4v) is 1.85. The van der Waals surface area contributed by atoms with Crippen LogP contribution in [0.5, 0.6) is 5.75 Å². The molecule has 0 aliphatic heterocycles. The Hall–Kier alpha value is -1.29. The molecule has 0 unspecified atom stereocenters. The molecular weight excluding hydrogens is 246 g/mol. The van der Waals surface area contributed by atoms with E-state index in [2.05, 4.69) is 15.9 Å². The van der Waals surface area contributed by atoms with Crippen molar-refractivity contribution in [3.05, 3.63) is 40.3 Å². The van der Waals surface area contributed by atoms with Gasteiger partial charge >= 0.3 is 0 Å². The standard InChI is InChI=1S/C10H8BrNO2/c1-14-10-5-8-6-12(13)3-2-7(8)4-9(10)11/h2-6H,1H3. The van der Waals surface area contributed by atoms with Crippen molar-refractivity contribution in [2.24, 2.45) is 0 Å². The van der Waals surface area contributed by atoms with Crippen LogP contribution in [0.2, 0.25) is 0 Å². The van der Waals surface area contributed by atoms with E-state index in [0.29, 0.717) is 0 Å². The first kappa shape index (κ1) is 9.27. The van der Waals surface area contributed by atoms with Gasteiger partial charge in [0.05, 0.1) is 17.0 Å². The number of benzene rings is 1. The maximum atomic E-state index is 11.0. The summed E-state index contributed by atoms with van der Waals surface area (Å²) >= 11 is 3.39. The van der Waals surface area contributed by atoms with Crippen LogP contribution in [0.3, 0.4) is 0 Å². The third kappa shape index (κ3) is 1.53. The largest absolute Gasteiger partial charge is 0.619 e. The second-order valence-electron chi connectivity index (χ2n) is 2.92. The third-order valence-electron chi connectivity index (χ3n) is 2.02. The van der Waals surface area contributed by atoms with Gasteiger partial charge in [0.15, 0.2) is 12.4 Å². The molecule has 0 saturated carbocycles. The molecule has 0 saturated heterocycles. The van der Waals surface area contributed by atoms with Gasteiger partial charge in [-0.15, -0.1) is 0 Å². The Bertz CT molecular complexity index is 485. The molecular formula is C10H8BrNO2. The molecule has 0 aliphatic rings. The highest BCUT2D eigenvalue weighted by Gasteiger charge is 2.04. The van der Waals surface area contributed by atoms with Gasteiger partial charge in [0.2, 0.25) is 0 Å². The molecule has 14 heavy (non-hydrogen) atoms. The van der Waals surface area contributed by atoms with Crippen molar-refractivity contribution in [3.8, 4) is 5.75 Å². The van der Waals surface area contributed by atoms with E-state index >= 15 is 0 Å². The minimum atomic E-state index is 0.726. The van der Waals surface area contributed by atoms with Crippen LogP contribution in [0.25, 0.3) is 10.8 Å². The fraction of sp³-hybridized carbons (Fsp3) is 0.100. The van der Waals surface area contributed by atoms with E-state index in [4.69, 9.17) is 4.74 Å². The molecule has 0 aliphatic carbocycles. The summed E-state index contributed by atoms with van der Waals surface area (Å²) in [6.07, 6.45) is 2.99. The molecule has 0 amide bonds. The van der Waals surface area contributed by atoms with Crippen LogP contribution in [-0.4, -0.2) is 7.11 Å². The summed E-state index contributed by atoms with van der Waals surface area (Å²) in [4.78, 5) is 0. The van der Waals surface area contributed by atoms with Crippen molar-refractivity contribution in [3.63, 3.8) is 0 Å². The Balaban J connectivity index is 2.73. The number of nitrogens with zero attached hydrogens (tertiary/aromatic N) is 1. The highest BCUT2D eigenvalue weighted by Crippen LogP contribution is 2.29. The Morgan fingerprint density at radius 2 is 2.14 bits per heavy atom. The quantitative estimate of drug-likeness (QED) is 0.578. The minimum absolute atomic E-state index is 0.726. The van der Waals surface area contributed by atoms with Gasteiger partial charge in [-0.25, -0.2) is 0 Å². The Morgan fingerprint density at radius 1 is 1.36 bits per heavy atom. The van der Waals surface area contributed by atoms with Gasteiger partial charge in [-0.1, -0.05) is 0 Å². The molecule has 2 rings (SSSR count). The molecule has 0 atom stereocenters. The summed E-state index contributed by atoms with van der Waals surface area (Å²) < 4.78 is 6.79. The molecule has 0 radical (unpaired) electrons. The number of halogens is 1. The number of hydrogen-bond acceptors (Lipinski definition) is 2. The van der Waals surface area contributed by atoms with Crippen molar-refractivity contribution in [1.29, 1.82) is 0 Å². The van der Waals surface area contributed by atoms with Crippen LogP contribution in [0.4, 0.5) is 0 Å². The van der Waals surface area contributed by atoms with E-state index in [0.717, 1.165) is 25.7 Å². The molecule has 0 fully saturated rings. The van der Waals surface area contributed by atoms with Gasteiger partial charge in [0.1, 0.15) is 5.75 Å². The average Bonchev–Trinajstić information content (AvgIpc) is 2.17. The highest BCUT2D eigenvalue weighted by atomic mass is 79.9. The molecule has 0 bridgehead atoms. The number of hydrogen-bond donors (Lipinski definition) is 0. The zero-order chi connectivity index (χ0) is 10.1. The predicted molar refractivity (Wildman–Crippen MR) is 57.2 cm³/mol. The average molecular weight is 254 g/mol. The summed E-state index contributed by atoms with van der Waals surface area (Å²) in [7, 11) is 1.60. The van der Waals surface area contributed by atoms with Crippen LogP contribution in [0, 0.1) is 5.21 Å². The first-order valence-corrected chi connectivity index (χ1v) is 4.86. The highest BCUT2D eigenvalue weighted by molar-refractivity contribution is 9.10. The lowest BCUT2D eigenvalue weighted by Gasteiger charge is -2.05. The van der Waals surface area contributed by atoms with Crippen LogP contribution in [0.1, 0.15) is 0 Å². The summed E-state index contributed by atoms with van der Waals surface area (Å²) in [6, 6.07) is 5.52. The molecule has 1 heterocycles. The topological polar surface area (TPSA) is 36.2 Å². The van der Waals surface area contributed by atoms with Gasteiger partial charge in [-0.3, -0.25) is 0 Å². The molecule has 1 aromatic heterocycles. The normalized spacial score (nSPS) is 10.4. The monoisotopic (exact) mass is 253 g/mol. The first-order valence-electron chi connectivity index (χ1n) is 4.07. The van der Waals surface area contributed by atoms with Gasteiger partial charge in [0.25, 0.3) is 0 Å². The Kier molecular flexibility index (Phi) is 2.29. The lowest BCUT2D eigenvalue weighted by Crippen LogP contribution is -2.23. The summed E-state index contributed by atoms with van der Waals surface area (Å²) in [5, 5.41) is 12.9. The number of aromatic nitrogens is 1. The summed E-state index contributed by atoms with van der Waals surface area (Å²) in [5.74, 6) is 0.726. The van der Waals surface area contributed by atoms with Gasteiger partial charge in [-0.2, -0.15) is 4.73 Å². The maximum absolute atomic E-state index is 11.0. The molecule has 0 spiro atoms. The number of fused-ring (bicyclic) bond motifs is 1. The van der Waals surface area contributed by atoms with Gasteiger partial charge in [-0.05, 0) is 33.4 Å². The van der Waals surface area contributed by atoms with Crippen molar-refractivity contribution >= 4 is 26.7 Å². The number of ether oxygens (including phenoxy) is 1. The van der Waals surface area contributed by atoms with Crippen molar-refractivity contribution in [1.82, 2.24) is 0 Å². The van der Waals surface area contributed by atoms with Crippen molar-refractivity contribution < 1.29 is 9.47 Å². The second kappa shape index (κ2) is 3.46. The summed E-state index contributed by atoms with van der Waals surface area (Å²) in [6.45, 7) is 0. The van der Waals surface area contributed by atoms with Crippen molar-refractivity contribution in [2.45, 2.75) is 0 Å². The van der Waals surface area contributed by atoms with E-state index in [1.54, 1.807) is 13.2 Å². The molecule has 4 heteroatoms. The maximum Gasteiger partial charge on any atom is 0.188 e. The minimum Gasteiger partial charge on any atom is -0.619 e. The van der Waals surface area contributed by atoms with E-state index in [1.807, 2.05) is 12.1 Å². The van der Waals surface area contributed by atoms with Crippen LogP contribution in [0.15, 0.2) is 35.1 Å². The number of rotatable bonds is 1. The summed E-state index contributed by atoms with van der Waals surface area (Å²) in [5.41, 5.74) is 0. The van der Waals surface area contributed by atoms with Crippen LogP contribution >= 0.6 is 15.9 Å². The van der Waals surface area contributed by atoms with E-state index < -0.39 is 0 Å². The fourth-order valence-electron chi connectivity index (χ4n) is 1.33. The second-order valence-corrected chi connectivity index (χ2v) is 3.77. The lowest BCUT2D eigenvalue weighted by molar-refractivity contribution is -0.603. The van der Waals surface area contributed by atoms with Gasteiger partial charge < -0.3 is 9.94 Å². The zero-order valence-electron chi connectivity index (χ0n) is 7.53. The Labute approximate surface area is 89.6 Å². The predicted octanol–water partition coefficient (Wildman–Crippen LogP) is 2.24. The molecule has 2 aromatic rings. The van der Waals surface area contributed by atoms with E-state index in [-0.39, 0.29) is 0 Å². The lowest BCUT2D eigenvalue weighted by atomic mass is 10.2. The molecule has 72 valence electrons. The zero-order valence-corrected chi connectivity index (χ0v) is 9.11. The number of pyridine rings is 1. The third-order valence-corrected chi connectivity index (χ3v) is 2.64. The van der Waals surface area contributed by atoms with E-state index in [9.17, 15) is 5.21 Å². The molecule has 0 N–H and O–H groups in total. The number of methoxy groups -OCH3 is 1. The smallest absolute Gasteiger partial charge is 0.188 e. The molecule has 1 aromatic carbocycles. The first-order chi connectivity index (χ1) is 6.70. The SMILES string of the molecule is COc1cc2c[n+]([O-])ccc2cc1Br. The van der Waals surface area contributed by atoms with Crippen LogP contribution in [-0.2, 0) is 0 Å². The Morgan fingerprint density at radius 3 is 2.86 bits per heavy atom. The molecule has 3 nitrogen and oxygen atoms in total. The van der Waals surface area contributed by atoms with E-state index in [1.165, 1.54) is 12.4 Å². The van der Waals surface area contributed by atoms with Gasteiger partial charge in [0, 0.05) is 6.07 Å².